The number of carbonyl (C=O) groups is 1. The zero-order chi connectivity index (χ0) is 27.6. The molecule has 2 unspecified atom stereocenters. The fourth-order valence-corrected chi connectivity index (χ4v) is 6.34. The van der Waals surface area contributed by atoms with Gasteiger partial charge in [-0.1, -0.05) is 11.6 Å². The molecule has 1 amide bonds. The SMILES string of the molecule is CCOP(=O)(CC(=O)Nc1cc2c(Nc3ccc(F)c(Cl)c3)ncnc2cc1OCC12COCC1C2)OCC. The maximum absolute atomic E-state index is 13.7. The van der Waals surface area contributed by atoms with Crippen LogP contribution in [0.15, 0.2) is 36.7 Å². The van der Waals surface area contributed by atoms with Crippen molar-refractivity contribution in [1.29, 1.82) is 0 Å². The summed E-state index contributed by atoms with van der Waals surface area (Å²) in [7, 11) is -3.63. The molecule has 2 heterocycles. The second kappa shape index (κ2) is 11.3. The van der Waals surface area contributed by atoms with Gasteiger partial charge < -0.3 is 29.2 Å². The average molecular weight is 579 g/mol. The fourth-order valence-electron chi connectivity index (χ4n) is 4.69. The summed E-state index contributed by atoms with van der Waals surface area (Å²) < 4.78 is 49.0. The Morgan fingerprint density at radius 1 is 1.23 bits per heavy atom. The van der Waals surface area contributed by atoms with Gasteiger partial charge in [-0.2, -0.15) is 0 Å². The molecule has 1 aliphatic heterocycles. The topological polar surface area (TPSA) is 121 Å². The summed E-state index contributed by atoms with van der Waals surface area (Å²) >= 11 is 5.94. The highest BCUT2D eigenvalue weighted by molar-refractivity contribution is 7.54. The summed E-state index contributed by atoms with van der Waals surface area (Å²) in [5.41, 5.74) is 1.39. The zero-order valence-corrected chi connectivity index (χ0v) is 23.2. The predicted molar refractivity (Wildman–Crippen MR) is 145 cm³/mol. The molecular formula is C26H29ClFN4O6P. The highest BCUT2D eigenvalue weighted by atomic mass is 35.5. The maximum Gasteiger partial charge on any atom is 0.340 e. The van der Waals surface area contributed by atoms with E-state index in [1.165, 1.54) is 24.5 Å². The number of fused-ring (bicyclic) bond motifs is 2. The summed E-state index contributed by atoms with van der Waals surface area (Å²) in [6.07, 6.45) is 1.96. The first-order chi connectivity index (χ1) is 18.7. The van der Waals surface area contributed by atoms with Crippen LogP contribution in [0.1, 0.15) is 20.3 Å². The molecule has 208 valence electrons. The molecule has 0 bridgehead atoms. The molecule has 1 aromatic heterocycles. The minimum atomic E-state index is -3.63. The standard InChI is InChI=1S/C26H29ClFN4O6P/c1-3-37-39(34,38-4-2)12-24(33)32-22-8-18-21(9-23(22)36-14-26-10-16(26)11-35-13-26)29-15-30-25(18)31-17-5-6-20(28)19(27)7-17/h5-9,15-16H,3-4,10-14H2,1-2H3,(H,32,33)(H,29,30,31). The van der Waals surface area contributed by atoms with Crippen molar-refractivity contribution in [3.63, 3.8) is 0 Å². The van der Waals surface area contributed by atoms with Crippen molar-refractivity contribution in [2.75, 3.05) is 49.8 Å². The molecule has 1 saturated carbocycles. The van der Waals surface area contributed by atoms with E-state index in [0.717, 1.165) is 13.0 Å². The number of nitrogens with zero attached hydrogens (tertiary/aromatic N) is 2. The Kier molecular flexibility index (Phi) is 8.07. The molecule has 0 radical (unpaired) electrons. The third-order valence-electron chi connectivity index (χ3n) is 6.76. The summed E-state index contributed by atoms with van der Waals surface area (Å²) in [5.74, 6) is 0.180. The molecule has 2 atom stereocenters. The first-order valence-corrected chi connectivity index (χ1v) is 14.7. The quantitative estimate of drug-likeness (QED) is 0.257. The molecule has 10 nitrogen and oxygen atoms in total. The first kappa shape index (κ1) is 27.7. The number of ether oxygens (including phenoxy) is 2. The molecule has 3 aromatic rings. The van der Waals surface area contributed by atoms with E-state index in [-0.39, 0.29) is 23.7 Å². The van der Waals surface area contributed by atoms with Gasteiger partial charge in [0.25, 0.3) is 0 Å². The van der Waals surface area contributed by atoms with Crippen molar-refractivity contribution < 1.29 is 32.3 Å². The highest BCUT2D eigenvalue weighted by Crippen LogP contribution is 2.57. The number of anilines is 3. The van der Waals surface area contributed by atoms with Crippen molar-refractivity contribution in [3.05, 3.63) is 47.5 Å². The van der Waals surface area contributed by atoms with Crippen LogP contribution in [0.3, 0.4) is 0 Å². The molecule has 0 spiro atoms. The molecule has 1 saturated heterocycles. The van der Waals surface area contributed by atoms with E-state index >= 15 is 0 Å². The van der Waals surface area contributed by atoms with Gasteiger partial charge in [-0.15, -0.1) is 0 Å². The van der Waals surface area contributed by atoms with Crippen molar-refractivity contribution in [3.8, 4) is 5.75 Å². The van der Waals surface area contributed by atoms with Crippen molar-refractivity contribution in [2.24, 2.45) is 11.3 Å². The van der Waals surface area contributed by atoms with E-state index in [0.29, 0.717) is 53.0 Å². The Balaban J connectivity index is 1.46. The lowest BCUT2D eigenvalue weighted by molar-refractivity contribution is -0.114. The number of nitrogens with one attached hydrogen (secondary N) is 2. The minimum absolute atomic E-state index is 0.0177. The van der Waals surface area contributed by atoms with Gasteiger partial charge in [0, 0.05) is 22.6 Å². The van der Waals surface area contributed by atoms with Crippen LogP contribution in [0.5, 0.6) is 5.75 Å². The van der Waals surface area contributed by atoms with E-state index in [9.17, 15) is 13.8 Å². The third-order valence-corrected chi connectivity index (χ3v) is 9.03. The highest BCUT2D eigenvalue weighted by Gasteiger charge is 2.59. The van der Waals surface area contributed by atoms with Gasteiger partial charge in [0.15, 0.2) is 0 Å². The van der Waals surface area contributed by atoms with Crippen LogP contribution in [0.4, 0.5) is 21.6 Å². The molecule has 2 fully saturated rings. The van der Waals surface area contributed by atoms with Crippen LogP contribution in [0.25, 0.3) is 10.9 Å². The van der Waals surface area contributed by atoms with Crippen molar-refractivity contribution >= 4 is 53.2 Å². The van der Waals surface area contributed by atoms with E-state index in [2.05, 4.69) is 20.6 Å². The van der Waals surface area contributed by atoms with Gasteiger partial charge in [0.2, 0.25) is 5.91 Å². The summed E-state index contributed by atoms with van der Waals surface area (Å²) in [6, 6.07) is 7.61. The monoisotopic (exact) mass is 578 g/mol. The molecule has 39 heavy (non-hydrogen) atoms. The van der Waals surface area contributed by atoms with Gasteiger partial charge in [-0.25, -0.2) is 14.4 Å². The summed E-state index contributed by atoms with van der Waals surface area (Å²) in [5, 5.41) is 6.44. The number of rotatable bonds is 12. The molecule has 1 aliphatic carbocycles. The molecule has 2 aromatic carbocycles. The summed E-state index contributed by atoms with van der Waals surface area (Å²) in [4.78, 5) is 21.7. The lowest BCUT2D eigenvalue weighted by Gasteiger charge is -2.19. The Morgan fingerprint density at radius 2 is 2.03 bits per heavy atom. The number of aromatic nitrogens is 2. The van der Waals surface area contributed by atoms with Crippen molar-refractivity contribution in [1.82, 2.24) is 9.97 Å². The lowest BCUT2D eigenvalue weighted by Crippen LogP contribution is -2.20. The summed E-state index contributed by atoms with van der Waals surface area (Å²) in [6.45, 7) is 5.42. The molecule has 2 N–H and O–H groups in total. The van der Waals surface area contributed by atoms with Gasteiger partial charge in [-0.3, -0.25) is 9.36 Å². The normalized spacial score (nSPS) is 20.1. The second-order valence-corrected chi connectivity index (χ2v) is 12.0. The van der Waals surface area contributed by atoms with E-state index in [4.69, 9.17) is 30.1 Å². The van der Waals surface area contributed by atoms with Crippen LogP contribution < -0.4 is 15.4 Å². The van der Waals surface area contributed by atoms with Gasteiger partial charge in [-0.05, 0) is 50.5 Å². The average Bonchev–Trinajstić information content (AvgIpc) is 3.43. The fraction of sp³-hybridized carbons (Fsp3) is 0.423. The number of amides is 1. The van der Waals surface area contributed by atoms with Gasteiger partial charge in [0.1, 0.15) is 29.9 Å². The number of benzene rings is 2. The Morgan fingerprint density at radius 3 is 2.69 bits per heavy atom. The van der Waals surface area contributed by atoms with E-state index in [1.54, 1.807) is 26.0 Å². The van der Waals surface area contributed by atoms with Crippen LogP contribution in [0.2, 0.25) is 5.02 Å². The Bertz CT molecular complexity index is 1440. The first-order valence-electron chi connectivity index (χ1n) is 12.6. The molecular weight excluding hydrogens is 550 g/mol. The Labute approximate surface area is 230 Å². The van der Waals surface area contributed by atoms with Crippen molar-refractivity contribution in [2.45, 2.75) is 20.3 Å². The maximum atomic E-state index is 13.7. The number of halogens is 2. The number of hydrogen-bond acceptors (Lipinski definition) is 9. The second-order valence-electron chi connectivity index (χ2n) is 9.56. The van der Waals surface area contributed by atoms with E-state index < -0.39 is 25.5 Å². The van der Waals surface area contributed by atoms with Crippen LogP contribution in [0, 0.1) is 17.2 Å². The van der Waals surface area contributed by atoms with Gasteiger partial charge >= 0.3 is 7.60 Å². The smallest absolute Gasteiger partial charge is 0.340 e. The third kappa shape index (κ3) is 6.18. The number of hydrogen-bond donors (Lipinski definition) is 2. The minimum Gasteiger partial charge on any atom is -0.491 e. The molecule has 5 rings (SSSR count). The largest absolute Gasteiger partial charge is 0.491 e. The predicted octanol–water partition coefficient (Wildman–Crippen LogP) is 5.79. The zero-order valence-electron chi connectivity index (χ0n) is 21.5. The number of carbonyl (C=O) groups excluding carboxylic acids is 1. The van der Waals surface area contributed by atoms with Gasteiger partial charge in [0.05, 0.1) is 49.3 Å². The van der Waals surface area contributed by atoms with Crippen LogP contribution >= 0.6 is 19.2 Å². The lowest BCUT2D eigenvalue weighted by atomic mass is 10.1. The van der Waals surface area contributed by atoms with Crippen LogP contribution in [-0.2, 0) is 23.1 Å². The Hall–Kier alpha value is -2.82. The molecule has 2 aliphatic rings. The van der Waals surface area contributed by atoms with Crippen LogP contribution in [-0.4, -0.2) is 55.1 Å². The molecule has 13 heteroatoms. The van der Waals surface area contributed by atoms with E-state index in [1.807, 2.05) is 0 Å².